The van der Waals surface area contributed by atoms with E-state index in [0.717, 1.165) is 23.1 Å². The molecule has 1 amide bonds. The molecule has 2 N–H and O–H groups in total. The van der Waals surface area contributed by atoms with Crippen LogP contribution in [-0.2, 0) is 11.8 Å². The van der Waals surface area contributed by atoms with Crippen molar-refractivity contribution in [3.05, 3.63) is 30.1 Å². The summed E-state index contributed by atoms with van der Waals surface area (Å²) in [6, 6.07) is 6.15. The fraction of sp³-hybridized carbons (Fsp3) is 0.333. The fourth-order valence-corrected chi connectivity index (χ4v) is 2.19. The molecule has 1 saturated heterocycles. The average molecular weight is 230 g/mol. The van der Waals surface area contributed by atoms with Crippen molar-refractivity contribution in [2.45, 2.75) is 6.04 Å². The third kappa shape index (κ3) is 1.78. The number of aryl methyl sites for hydroxylation is 1. The fourth-order valence-electron chi connectivity index (χ4n) is 2.19. The summed E-state index contributed by atoms with van der Waals surface area (Å²) in [5.41, 5.74) is 3.18. The number of amides is 1. The quantitative estimate of drug-likeness (QED) is 0.742. The highest BCUT2D eigenvalue weighted by atomic mass is 16.2. The van der Waals surface area contributed by atoms with Crippen molar-refractivity contribution < 1.29 is 4.79 Å². The maximum absolute atomic E-state index is 11.3. The molecule has 0 spiro atoms. The molecule has 0 aliphatic carbocycles. The molecule has 5 nitrogen and oxygen atoms in total. The van der Waals surface area contributed by atoms with E-state index in [9.17, 15) is 4.79 Å². The minimum Gasteiger partial charge on any atom is -0.347 e. The first-order valence-electron chi connectivity index (χ1n) is 5.65. The third-order valence-electron chi connectivity index (χ3n) is 3.12. The highest BCUT2D eigenvalue weighted by Gasteiger charge is 2.19. The Morgan fingerprint density at radius 3 is 3.18 bits per heavy atom. The molecule has 0 saturated carbocycles. The van der Waals surface area contributed by atoms with Gasteiger partial charge in [-0.1, -0.05) is 6.07 Å². The normalized spacial score (nSPS) is 20.5. The van der Waals surface area contributed by atoms with Gasteiger partial charge in [-0.3, -0.25) is 4.79 Å². The molecule has 2 heterocycles. The summed E-state index contributed by atoms with van der Waals surface area (Å²) in [5, 5.41) is 6.08. The van der Waals surface area contributed by atoms with Crippen LogP contribution in [0, 0.1) is 0 Å². The molecule has 1 atom stereocenters. The molecule has 0 bridgehead atoms. The lowest BCUT2D eigenvalue weighted by atomic mass is 10.0. The van der Waals surface area contributed by atoms with E-state index < -0.39 is 0 Å². The van der Waals surface area contributed by atoms with Crippen LogP contribution in [0.4, 0.5) is 0 Å². The van der Waals surface area contributed by atoms with Crippen LogP contribution in [-0.4, -0.2) is 28.5 Å². The summed E-state index contributed by atoms with van der Waals surface area (Å²) in [6.45, 7) is 1.18. The minimum absolute atomic E-state index is 0.0475. The minimum atomic E-state index is 0.0475. The summed E-state index contributed by atoms with van der Waals surface area (Å²) in [4.78, 5) is 15.6. The van der Waals surface area contributed by atoms with Gasteiger partial charge in [-0.2, -0.15) is 0 Å². The van der Waals surface area contributed by atoms with Crippen molar-refractivity contribution in [1.29, 1.82) is 0 Å². The van der Waals surface area contributed by atoms with Crippen molar-refractivity contribution in [2.75, 3.05) is 13.1 Å². The Labute approximate surface area is 98.8 Å². The molecule has 2 aromatic rings. The van der Waals surface area contributed by atoms with E-state index in [1.165, 1.54) is 0 Å². The van der Waals surface area contributed by atoms with Gasteiger partial charge in [0.05, 0.1) is 29.9 Å². The Hall–Kier alpha value is -1.88. The molecule has 1 fully saturated rings. The van der Waals surface area contributed by atoms with E-state index in [0.29, 0.717) is 6.54 Å². The van der Waals surface area contributed by atoms with Crippen LogP contribution in [0.5, 0.6) is 0 Å². The van der Waals surface area contributed by atoms with Gasteiger partial charge in [0.1, 0.15) is 0 Å². The molecule has 17 heavy (non-hydrogen) atoms. The van der Waals surface area contributed by atoms with Crippen LogP contribution >= 0.6 is 0 Å². The van der Waals surface area contributed by atoms with Gasteiger partial charge in [-0.05, 0) is 17.7 Å². The van der Waals surface area contributed by atoms with E-state index in [-0.39, 0.29) is 11.9 Å². The van der Waals surface area contributed by atoms with Crippen molar-refractivity contribution in [3.8, 4) is 0 Å². The second-order valence-corrected chi connectivity index (χ2v) is 4.35. The SMILES string of the molecule is Cn1cnc2ccc(C3CNCC(=O)N3)cc21. The Morgan fingerprint density at radius 2 is 2.35 bits per heavy atom. The summed E-state index contributed by atoms with van der Waals surface area (Å²) < 4.78 is 1.98. The Balaban J connectivity index is 1.99. The molecule has 1 unspecified atom stereocenters. The van der Waals surface area contributed by atoms with E-state index in [4.69, 9.17) is 0 Å². The molecule has 5 heteroatoms. The van der Waals surface area contributed by atoms with Gasteiger partial charge in [0.2, 0.25) is 5.91 Å². The zero-order chi connectivity index (χ0) is 11.8. The molecule has 3 rings (SSSR count). The second kappa shape index (κ2) is 3.85. The first-order chi connectivity index (χ1) is 8.24. The van der Waals surface area contributed by atoms with Crippen LogP contribution in [0.3, 0.4) is 0 Å². The predicted octanol–water partition coefficient (Wildman–Crippen LogP) is 0.334. The van der Waals surface area contributed by atoms with Gasteiger partial charge in [-0.25, -0.2) is 4.98 Å². The summed E-state index contributed by atoms with van der Waals surface area (Å²) in [7, 11) is 1.97. The number of fused-ring (bicyclic) bond motifs is 1. The molecular weight excluding hydrogens is 216 g/mol. The van der Waals surface area contributed by atoms with Gasteiger partial charge in [0, 0.05) is 13.6 Å². The first-order valence-corrected chi connectivity index (χ1v) is 5.65. The standard InChI is InChI=1S/C12H14N4O/c1-16-7-14-9-3-2-8(4-11(9)16)10-5-13-6-12(17)15-10/h2-4,7,10,13H,5-6H2,1H3,(H,15,17). The predicted molar refractivity (Wildman–Crippen MR) is 64.5 cm³/mol. The van der Waals surface area contributed by atoms with Crippen molar-refractivity contribution in [2.24, 2.45) is 7.05 Å². The average Bonchev–Trinajstić information content (AvgIpc) is 2.71. The lowest BCUT2D eigenvalue weighted by molar-refractivity contribution is -0.122. The largest absolute Gasteiger partial charge is 0.347 e. The summed E-state index contributed by atoms with van der Waals surface area (Å²) in [6.07, 6.45) is 1.80. The number of carbonyl (C=O) groups is 1. The monoisotopic (exact) mass is 230 g/mol. The zero-order valence-electron chi connectivity index (χ0n) is 9.60. The van der Waals surface area contributed by atoms with E-state index in [1.807, 2.05) is 23.7 Å². The smallest absolute Gasteiger partial charge is 0.234 e. The van der Waals surface area contributed by atoms with Gasteiger partial charge >= 0.3 is 0 Å². The maximum atomic E-state index is 11.3. The molecule has 1 aliphatic rings. The number of nitrogens with zero attached hydrogens (tertiary/aromatic N) is 2. The number of piperazine rings is 1. The van der Waals surface area contributed by atoms with Crippen molar-refractivity contribution >= 4 is 16.9 Å². The van der Waals surface area contributed by atoms with Crippen LogP contribution in [0.2, 0.25) is 0 Å². The number of benzene rings is 1. The van der Waals surface area contributed by atoms with Gasteiger partial charge < -0.3 is 15.2 Å². The Morgan fingerprint density at radius 1 is 1.47 bits per heavy atom. The van der Waals surface area contributed by atoms with E-state index in [1.54, 1.807) is 6.33 Å². The number of imidazole rings is 1. The second-order valence-electron chi connectivity index (χ2n) is 4.35. The Kier molecular flexibility index (Phi) is 2.33. The number of nitrogens with one attached hydrogen (secondary N) is 2. The van der Waals surface area contributed by atoms with Crippen LogP contribution in [0.25, 0.3) is 11.0 Å². The van der Waals surface area contributed by atoms with E-state index in [2.05, 4.69) is 21.7 Å². The molecule has 1 aromatic heterocycles. The topological polar surface area (TPSA) is 59.0 Å². The highest BCUT2D eigenvalue weighted by Crippen LogP contribution is 2.19. The summed E-state index contributed by atoms with van der Waals surface area (Å²) >= 11 is 0. The van der Waals surface area contributed by atoms with Crippen LogP contribution in [0.1, 0.15) is 11.6 Å². The molecule has 88 valence electrons. The Bertz CT molecular complexity index is 575. The van der Waals surface area contributed by atoms with Crippen molar-refractivity contribution in [1.82, 2.24) is 20.2 Å². The van der Waals surface area contributed by atoms with Crippen LogP contribution < -0.4 is 10.6 Å². The number of rotatable bonds is 1. The molecule has 1 aromatic carbocycles. The third-order valence-corrected chi connectivity index (χ3v) is 3.12. The summed E-state index contributed by atoms with van der Waals surface area (Å²) in [5.74, 6) is 0.0475. The molecule has 0 radical (unpaired) electrons. The number of carbonyl (C=O) groups excluding carboxylic acids is 1. The lowest BCUT2D eigenvalue weighted by Crippen LogP contribution is -2.46. The van der Waals surface area contributed by atoms with Crippen LogP contribution in [0.15, 0.2) is 24.5 Å². The van der Waals surface area contributed by atoms with E-state index >= 15 is 0 Å². The highest BCUT2D eigenvalue weighted by molar-refractivity contribution is 5.80. The maximum Gasteiger partial charge on any atom is 0.234 e. The number of hydrogen-bond acceptors (Lipinski definition) is 3. The van der Waals surface area contributed by atoms with Gasteiger partial charge in [-0.15, -0.1) is 0 Å². The van der Waals surface area contributed by atoms with Gasteiger partial charge in [0.25, 0.3) is 0 Å². The lowest BCUT2D eigenvalue weighted by Gasteiger charge is -2.24. The van der Waals surface area contributed by atoms with Crippen molar-refractivity contribution in [3.63, 3.8) is 0 Å². The number of aromatic nitrogens is 2. The number of hydrogen-bond donors (Lipinski definition) is 2. The van der Waals surface area contributed by atoms with Gasteiger partial charge in [0.15, 0.2) is 0 Å². The molecular formula is C12H14N4O. The molecule has 1 aliphatic heterocycles. The first kappa shape index (κ1) is 10.3. The zero-order valence-corrected chi connectivity index (χ0v) is 9.60.